The number of amides is 1. The Morgan fingerprint density at radius 1 is 1.18 bits per heavy atom. The number of rotatable bonds is 3. The summed E-state index contributed by atoms with van der Waals surface area (Å²) in [6, 6.07) is 10.9. The largest absolute Gasteiger partial charge is 0.423 e. The Kier molecular flexibility index (Phi) is 3.84. The fourth-order valence-electron chi connectivity index (χ4n) is 1.86. The standard InChI is InChI=1S/C15H9ClFN3O2/c16-11-2-1-3-12(13(11)17)19-14(21)9-4-6-10(7-5-9)15-20-18-8-22-15/h1-8H,(H,19,21). The molecule has 0 bridgehead atoms. The van der Waals surface area contributed by atoms with Gasteiger partial charge in [0.25, 0.3) is 5.91 Å². The number of aromatic nitrogens is 2. The lowest BCUT2D eigenvalue weighted by Gasteiger charge is -2.07. The van der Waals surface area contributed by atoms with Gasteiger partial charge in [-0.1, -0.05) is 17.7 Å². The topological polar surface area (TPSA) is 68.0 Å². The van der Waals surface area contributed by atoms with Gasteiger partial charge in [0.15, 0.2) is 5.82 Å². The molecular weight excluding hydrogens is 309 g/mol. The molecule has 22 heavy (non-hydrogen) atoms. The summed E-state index contributed by atoms with van der Waals surface area (Å²) >= 11 is 5.67. The quantitative estimate of drug-likeness (QED) is 0.798. The summed E-state index contributed by atoms with van der Waals surface area (Å²) < 4.78 is 18.8. The van der Waals surface area contributed by atoms with Gasteiger partial charge in [-0.15, -0.1) is 10.2 Å². The monoisotopic (exact) mass is 317 g/mol. The molecule has 7 heteroatoms. The van der Waals surface area contributed by atoms with E-state index in [0.717, 1.165) is 0 Å². The van der Waals surface area contributed by atoms with E-state index >= 15 is 0 Å². The van der Waals surface area contributed by atoms with Crippen LogP contribution >= 0.6 is 11.6 Å². The average molecular weight is 318 g/mol. The number of nitrogens with one attached hydrogen (secondary N) is 1. The Hall–Kier alpha value is -2.73. The minimum Gasteiger partial charge on any atom is -0.423 e. The number of halogens is 2. The molecule has 0 saturated carbocycles. The van der Waals surface area contributed by atoms with E-state index in [-0.39, 0.29) is 10.7 Å². The first-order valence-electron chi connectivity index (χ1n) is 6.27. The lowest BCUT2D eigenvalue weighted by Crippen LogP contribution is -2.13. The molecule has 0 spiro atoms. The van der Waals surface area contributed by atoms with Gasteiger partial charge < -0.3 is 9.73 Å². The molecule has 0 aliphatic heterocycles. The Morgan fingerprint density at radius 2 is 1.95 bits per heavy atom. The van der Waals surface area contributed by atoms with E-state index in [2.05, 4.69) is 15.5 Å². The van der Waals surface area contributed by atoms with Crippen molar-refractivity contribution in [3.8, 4) is 11.5 Å². The molecule has 1 aromatic heterocycles. The van der Waals surface area contributed by atoms with Crippen molar-refractivity contribution in [3.05, 3.63) is 65.3 Å². The van der Waals surface area contributed by atoms with Crippen LogP contribution in [-0.4, -0.2) is 16.1 Å². The van der Waals surface area contributed by atoms with Crippen LogP contribution in [0.25, 0.3) is 11.5 Å². The molecule has 3 aromatic rings. The third-order valence-corrected chi connectivity index (χ3v) is 3.25. The van der Waals surface area contributed by atoms with Crippen molar-refractivity contribution in [2.75, 3.05) is 5.32 Å². The third kappa shape index (κ3) is 2.82. The van der Waals surface area contributed by atoms with Gasteiger partial charge in [0.1, 0.15) is 0 Å². The number of anilines is 1. The zero-order chi connectivity index (χ0) is 15.5. The summed E-state index contributed by atoms with van der Waals surface area (Å²) in [6.07, 6.45) is 1.22. The van der Waals surface area contributed by atoms with Crippen LogP contribution in [0.3, 0.4) is 0 Å². The number of carbonyl (C=O) groups excluding carboxylic acids is 1. The molecule has 1 heterocycles. The molecule has 110 valence electrons. The number of hydrogen-bond donors (Lipinski definition) is 1. The highest BCUT2D eigenvalue weighted by Gasteiger charge is 2.12. The van der Waals surface area contributed by atoms with Crippen LogP contribution in [0.4, 0.5) is 10.1 Å². The highest BCUT2D eigenvalue weighted by atomic mass is 35.5. The molecule has 0 atom stereocenters. The van der Waals surface area contributed by atoms with Gasteiger partial charge in [0.2, 0.25) is 12.3 Å². The molecule has 0 aliphatic carbocycles. The van der Waals surface area contributed by atoms with Gasteiger partial charge in [-0.25, -0.2) is 4.39 Å². The second-order valence-corrected chi connectivity index (χ2v) is 4.78. The van der Waals surface area contributed by atoms with E-state index in [0.29, 0.717) is 17.0 Å². The van der Waals surface area contributed by atoms with Gasteiger partial charge in [0.05, 0.1) is 10.7 Å². The minimum absolute atomic E-state index is 0.0264. The molecule has 1 N–H and O–H groups in total. The molecule has 0 fully saturated rings. The van der Waals surface area contributed by atoms with Crippen molar-refractivity contribution >= 4 is 23.2 Å². The molecule has 3 rings (SSSR count). The normalized spacial score (nSPS) is 10.5. The number of benzene rings is 2. The second kappa shape index (κ2) is 5.95. The molecule has 0 saturated heterocycles. The maximum atomic E-state index is 13.8. The Bertz CT molecular complexity index is 804. The first-order valence-corrected chi connectivity index (χ1v) is 6.65. The van der Waals surface area contributed by atoms with Crippen LogP contribution in [0.5, 0.6) is 0 Å². The Balaban J connectivity index is 1.79. The second-order valence-electron chi connectivity index (χ2n) is 4.38. The highest BCUT2D eigenvalue weighted by molar-refractivity contribution is 6.31. The summed E-state index contributed by atoms with van der Waals surface area (Å²) in [5.74, 6) is -0.758. The number of hydrogen-bond acceptors (Lipinski definition) is 4. The SMILES string of the molecule is O=C(Nc1cccc(Cl)c1F)c1ccc(-c2nnco2)cc1. The van der Waals surface area contributed by atoms with E-state index in [9.17, 15) is 9.18 Å². The van der Waals surface area contributed by atoms with Crippen LogP contribution < -0.4 is 5.32 Å². The molecule has 0 aliphatic rings. The van der Waals surface area contributed by atoms with Crippen LogP contribution in [-0.2, 0) is 0 Å². The van der Waals surface area contributed by atoms with Gasteiger partial charge in [0, 0.05) is 11.1 Å². The summed E-state index contributed by atoms with van der Waals surface area (Å²) in [5.41, 5.74) is 1.07. The summed E-state index contributed by atoms with van der Waals surface area (Å²) in [6.45, 7) is 0. The minimum atomic E-state index is -0.667. The van der Waals surface area contributed by atoms with Crippen LogP contribution in [0.1, 0.15) is 10.4 Å². The zero-order valence-electron chi connectivity index (χ0n) is 11.1. The summed E-state index contributed by atoms with van der Waals surface area (Å²) in [7, 11) is 0. The average Bonchev–Trinajstić information content (AvgIpc) is 3.06. The lowest BCUT2D eigenvalue weighted by molar-refractivity contribution is 0.102. The van der Waals surface area contributed by atoms with Gasteiger partial charge in [-0.3, -0.25) is 4.79 Å². The zero-order valence-corrected chi connectivity index (χ0v) is 11.8. The van der Waals surface area contributed by atoms with Gasteiger partial charge in [-0.05, 0) is 36.4 Å². The predicted molar refractivity (Wildman–Crippen MR) is 79.1 cm³/mol. The Morgan fingerprint density at radius 3 is 2.64 bits per heavy atom. The van der Waals surface area contributed by atoms with Crippen molar-refractivity contribution in [2.24, 2.45) is 0 Å². The Labute approximate surface area is 129 Å². The van der Waals surface area contributed by atoms with Crippen molar-refractivity contribution < 1.29 is 13.6 Å². The van der Waals surface area contributed by atoms with E-state index < -0.39 is 11.7 Å². The number of carbonyl (C=O) groups is 1. The summed E-state index contributed by atoms with van der Waals surface area (Å²) in [5, 5.41) is 9.77. The van der Waals surface area contributed by atoms with E-state index in [1.165, 1.54) is 18.5 Å². The van der Waals surface area contributed by atoms with Crippen LogP contribution in [0.15, 0.2) is 53.3 Å². The van der Waals surface area contributed by atoms with Gasteiger partial charge >= 0.3 is 0 Å². The van der Waals surface area contributed by atoms with E-state index in [1.54, 1.807) is 30.3 Å². The third-order valence-electron chi connectivity index (χ3n) is 2.95. The van der Waals surface area contributed by atoms with Crippen molar-refractivity contribution in [2.45, 2.75) is 0 Å². The molecular formula is C15H9ClFN3O2. The fraction of sp³-hybridized carbons (Fsp3) is 0. The molecule has 2 aromatic carbocycles. The molecule has 0 unspecified atom stereocenters. The van der Waals surface area contributed by atoms with Crippen molar-refractivity contribution in [3.63, 3.8) is 0 Å². The van der Waals surface area contributed by atoms with Crippen LogP contribution in [0.2, 0.25) is 5.02 Å². The smallest absolute Gasteiger partial charge is 0.255 e. The number of nitrogens with zero attached hydrogens (tertiary/aromatic N) is 2. The molecule has 0 radical (unpaired) electrons. The summed E-state index contributed by atoms with van der Waals surface area (Å²) in [4.78, 5) is 12.1. The lowest BCUT2D eigenvalue weighted by atomic mass is 10.1. The molecule has 1 amide bonds. The highest BCUT2D eigenvalue weighted by Crippen LogP contribution is 2.23. The van der Waals surface area contributed by atoms with E-state index in [4.69, 9.17) is 16.0 Å². The predicted octanol–water partition coefficient (Wildman–Crippen LogP) is 3.78. The first kappa shape index (κ1) is 14.2. The van der Waals surface area contributed by atoms with Gasteiger partial charge in [-0.2, -0.15) is 0 Å². The maximum absolute atomic E-state index is 13.8. The molecule has 5 nitrogen and oxygen atoms in total. The fourth-order valence-corrected chi connectivity index (χ4v) is 2.03. The first-order chi connectivity index (χ1) is 10.6. The van der Waals surface area contributed by atoms with Crippen molar-refractivity contribution in [1.29, 1.82) is 0 Å². The maximum Gasteiger partial charge on any atom is 0.255 e. The van der Waals surface area contributed by atoms with E-state index in [1.807, 2.05) is 0 Å². The van der Waals surface area contributed by atoms with Crippen LogP contribution in [0, 0.1) is 5.82 Å². The van der Waals surface area contributed by atoms with Crippen molar-refractivity contribution in [1.82, 2.24) is 10.2 Å².